The van der Waals surface area contributed by atoms with E-state index in [0.29, 0.717) is 43.3 Å². The van der Waals surface area contributed by atoms with Gasteiger partial charge in [-0.25, -0.2) is 10.4 Å². The molecule has 0 aliphatic carbocycles. The first-order valence-corrected chi connectivity index (χ1v) is 9.94. The van der Waals surface area contributed by atoms with Gasteiger partial charge in [-0.05, 0) is 36.8 Å². The van der Waals surface area contributed by atoms with Gasteiger partial charge in [0.2, 0.25) is 5.91 Å². The Morgan fingerprint density at radius 3 is 2.61 bits per heavy atom. The molecule has 0 saturated heterocycles. The topological polar surface area (TPSA) is 133 Å². The van der Waals surface area contributed by atoms with Gasteiger partial charge in [-0.2, -0.15) is 9.89 Å². The van der Waals surface area contributed by atoms with Crippen molar-refractivity contribution in [2.75, 3.05) is 43.7 Å². The maximum Gasteiger partial charge on any atom is 0.256 e. The second-order valence-corrected chi connectivity index (χ2v) is 6.80. The van der Waals surface area contributed by atoms with Gasteiger partial charge >= 0.3 is 0 Å². The number of anilines is 1. The summed E-state index contributed by atoms with van der Waals surface area (Å²) in [4.78, 5) is 30.2. The first-order valence-electron chi connectivity index (χ1n) is 9.94. The van der Waals surface area contributed by atoms with E-state index in [4.69, 9.17) is 15.2 Å². The maximum atomic E-state index is 12.5. The lowest BCUT2D eigenvalue weighted by molar-refractivity contribution is -0.118. The van der Waals surface area contributed by atoms with Crippen LogP contribution in [0.4, 0.5) is 5.82 Å². The van der Waals surface area contributed by atoms with Crippen molar-refractivity contribution in [3.05, 3.63) is 53.9 Å². The van der Waals surface area contributed by atoms with E-state index in [1.54, 1.807) is 36.7 Å². The molecule has 10 nitrogen and oxygen atoms in total. The number of carbonyl (C=O) groups is 2. The van der Waals surface area contributed by atoms with Crippen LogP contribution in [0, 0.1) is 6.92 Å². The molecule has 164 valence electrons. The molecular formula is C21H26N6O4. The van der Waals surface area contributed by atoms with Crippen LogP contribution in [-0.2, 0) is 14.3 Å². The summed E-state index contributed by atoms with van der Waals surface area (Å²) in [5, 5.41) is 7.65. The van der Waals surface area contributed by atoms with Crippen LogP contribution in [0.15, 0.2) is 42.7 Å². The zero-order valence-corrected chi connectivity index (χ0v) is 17.3. The van der Waals surface area contributed by atoms with E-state index in [0.717, 1.165) is 10.9 Å². The Balaban J connectivity index is 1.52. The average Bonchev–Trinajstić information content (AvgIpc) is 3.16. The van der Waals surface area contributed by atoms with Crippen molar-refractivity contribution in [2.24, 2.45) is 5.73 Å². The molecular weight excluding hydrogens is 400 g/mol. The highest BCUT2D eigenvalue weighted by Crippen LogP contribution is 2.16. The lowest BCUT2D eigenvalue weighted by Gasteiger charge is -2.08. The number of nitrogens with zero attached hydrogens (tertiary/aromatic N) is 3. The number of ether oxygens (including phenoxy) is 2. The van der Waals surface area contributed by atoms with Gasteiger partial charge in [-0.3, -0.25) is 9.59 Å². The molecule has 0 spiro atoms. The Kier molecular flexibility index (Phi) is 8.05. The number of aryl methyl sites for hydroxylation is 1. The van der Waals surface area contributed by atoms with E-state index in [9.17, 15) is 9.59 Å². The number of carbonyl (C=O) groups excluding carboxylic acids is 2. The number of nitrogens with one attached hydrogen (secondary N) is 2. The van der Waals surface area contributed by atoms with Gasteiger partial charge in [0.1, 0.15) is 5.82 Å². The zero-order valence-electron chi connectivity index (χ0n) is 17.3. The van der Waals surface area contributed by atoms with Crippen LogP contribution < -0.4 is 16.5 Å². The fourth-order valence-corrected chi connectivity index (χ4v) is 2.74. The van der Waals surface area contributed by atoms with Gasteiger partial charge in [0.15, 0.2) is 0 Å². The molecule has 0 atom stereocenters. The fourth-order valence-electron chi connectivity index (χ4n) is 2.74. The molecule has 1 aromatic carbocycles. The standard InChI is InChI=1S/C21H26N6O4/c1-15-2-5-19(23-13-15)25-21(29)16-3-4-18-17(12-16)14-24-27(18)26-20(28)6-8-30-10-11-31-9-7-22/h2-5,12-14H,6-11,22H2,1H3,(H,26,28)(H,23,25,29). The van der Waals surface area contributed by atoms with Gasteiger partial charge in [-0.1, -0.05) is 6.07 Å². The molecule has 0 aliphatic rings. The number of aromatic nitrogens is 3. The molecule has 4 N–H and O–H groups in total. The SMILES string of the molecule is Cc1ccc(NC(=O)c2ccc3c(cnn3NC(=O)CCOCCOCCN)c2)nc1. The van der Waals surface area contributed by atoms with Crippen LogP contribution in [0.3, 0.4) is 0 Å². The van der Waals surface area contributed by atoms with Crippen molar-refractivity contribution in [1.82, 2.24) is 14.9 Å². The van der Waals surface area contributed by atoms with Crippen LogP contribution in [-0.4, -0.2) is 59.7 Å². The first kappa shape index (κ1) is 22.3. The largest absolute Gasteiger partial charge is 0.379 e. The Bertz CT molecular complexity index is 1020. The third-order valence-corrected chi connectivity index (χ3v) is 4.32. The van der Waals surface area contributed by atoms with Gasteiger partial charge < -0.3 is 20.5 Å². The molecule has 0 unspecified atom stereocenters. The molecule has 2 aromatic heterocycles. The minimum atomic E-state index is -0.275. The molecule has 2 heterocycles. The molecule has 2 amide bonds. The Morgan fingerprint density at radius 1 is 1.06 bits per heavy atom. The fraction of sp³-hybridized carbons (Fsp3) is 0.333. The monoisotopic (exact) mass is 426 g/mol. The Morgan fingerprint density at radius 2 is 1.87 bits per heavy atom. The van der Waals surface area contributed by atoms with E-state index < -0.39 is 0 Å². The van der Waals surface area contributed by atoms with E-state index in [1.807, 2.05) is 13.0 Å². The Hall–Kier alpha value is -3.34. The third kappa shape index (κ3) is 6.57. The number of rotatable bonds is 11. The van der Waals surface area contributed by atoms with Gasteiger partial charge in [0, 0.05) is 23.7 Å². The molecule has 0 aliphatic heterocycles. The first-order chi connectivity index (χ1) is 15.1. The minimum Gasteiger partial charge on any atom is -0.379 e. The van der Waals surface area contributed by atoms with Gasteiger partial charge in [0.25, 0.3) is 5.91 Å². The summed E-state index contributed by atoms with van der Waals surface area (Å²) in [6, 6.07) is 8.72. The van der Waals surface area contributed by atoms with E-state index in [1.165, 1.54) is 4.79 Å². The number of amides is 2. The second-order valence-electron chi connectivity index (χ2n) is 6.80. The van der Waals surface area contributed by atoms with E-state index >= 15 is 0 Å². The lowest BCUT2D eigenvalue weighted by Crippen LogP contribution is -2.25. The summed E-state index contributed by atoms with van der Waals surface area (Å²) in [6.45, 7) is 4.00. The second kappa shape index (κ2) is 11.2. The quantitative estimate of drug-likeness (QED) is 0.395. The van der Waals surface area contributed by atoms with Crippen LogP contribution in [0.1, 0.15) is 22.3 Å². The summed E-state index contributed by atoms with van der Waals surface area (Å²) < 4.78 is 10.5. The molecule has 3 rings (SSSR count). The lowest BCUT2D eigenvalue weighted by atomic mass is 10.1. The molecule has 10 heteroatoms. The van der Waals surface area contributed by atoms with Gasteiger partial charge in [-0.15, -0.1) is 0 Å². The molecule has 0 fully saturated rings. The summed E-state index contributed by atoms with van der Waals surface area (Å²) in [5.74, 6) is -0.0328. The molecule has 31 heavy (non-hydrogen) atoms. The number of hydrogen-bond donors (Lipinski definition) is 3. The summed E-state index contributed by atoms with van der Waals surface area (Å²) in [7, 11) is 0. The van der Waals surface area contributed by atoms with Crippen molar-refractivity contribution >= 4 is 28.5 Å². The van der Waals surface area contributed by atoms with Crippen molar-refractivity contribution in [3.8, 4) is 0 Å². The van der Waals surface area contributed by atoms with Crippen molar-refractivity contribution < 1.29 is 19.1 Å². The van der Waals surface area contributed by atoms with Crippen molar-refractivity contribution in [3.63, 3.8) is 0 Å². The van der Waals surface area contributed by atoms with Crippen LogP contribution in [0.2, 0.25) is 0 Å². The smallest absolute Gasteiger partial charge is 0.256 e. The van der Waals surface area contributed by atoms with Crippen LogP contribution >= 0.6 is 0 Å². The minimum absolute atomic E-state index is 0.183. The number of fused-ring (bicyclic) bond motifs is 1. The number of benzene rings is 1. The van der Waals surface area contributed by atoms with Crippen LogP contribution in [0.5, 0.6) is 0 Å². The molecule has 0 bridgehead atoms. The Labute approximate surface area is 179 Å². The number of nitrogens with two attached hydrogens (primary N) is 1. The van der Waals surface area contributed by atoms with E-state index in [-0.39, 0.29) is 24.8 Å². The number of pyridine rings is 1. The molecule has 0 saturated carbocycles. The summed E-state index contributed by atoms with van der Waals surface area (Å²) in [6.07, 6.45) is 3.45. The van der Waals surface area contributed by atoms with Crippen LogP contribution in [0.25, 0.3) is 10.9 Å². The normalized spacial score (nSPS) is 10.9. The average molecular weight is 426 g/mol. The summed E-state index contributed by atoms with van der Waals surface area (Å²) in [5.41, 5.74) is 10.2. The van der Waals surface area contributed by atoms with Gasteiger partial charge in [0.05, 0.1) is 44.6 Å². The molecule has 0 radical (unpaired) electrons. The maximum absolute atomic E-state index is 12.5. The highest BCUT2D eigenvalue weighted by molar-refractivity contribution is 6.05. The van der Waals surface area contributed by atoms with E-state index in [2.05, 4.69) is 20.8 Å². The highest BCUT2D eigenvalue weighted by atomic mass is 16.5. The predicted molar refractivity (Wildman–Crippen MR) is 116 cm³/mol. The third-order valence-electron chi connectivity index (χ3n) is 4.32. The highest BCUT2D eigenvalue weighted by Gasteiger charge is 2.11. The van der Waals surface area contributed by atoms with Crippen molar-refractivity contribution in [1.29, 1.82) is 0 Å². The predicted octanol–water partition coefficient (Wildman–Crippen LogP) is 1.44. The summed E-state index contributed by atoms with van der Waals surface area (Å²) >= 11 is 0. The zero-order chi connectivity index (χ0) is 22.1. The number of hydrogen-bond acceptors (Lipinski definition) is 7. The molecule has 3 aromatic rings. The van der Waals surface area contributed by atoms with Crippen molar-refractivity contribution in [2.45, 2.75) is 13.3 Å².